The number of hydrogen-bond acceptors (Lipinski definition) is 4. The normalized spacial score (nSPS) is 15.8. The van der Waals surface area contributed by atoms with Crippen molar-refractivity contribution in [1.29, 1.82) is 0 Å². The first-order valence-electron chi connectivity index (χ1n) is 11.4. The van der Waals surface area contributed by atoms with Crippen molar-refractivity contribution < 1.29 is 14.3 Å². The van der Waals surface area contributed by atoms with Crippen molar-refractivity contribution in [3.63, 3.8) is 0 Å². The first-order chi connectivity index (χ1) is 16.1. The number of nitrogens with zero attached hydrogens (tertiary/aromatic N) is 3. The van der Waals surface area contributed by atoms with Gasteiger partial charge < -0.3 is 15.0 Å². The Bertz CT molecular complexity index is 1070. The molecule has 2 aromatic carbocycles. The Labute approximate surface area is 194 Å². The number of piperidine rings is 1. The summed E-state index contributed by atoms with van der Waals surface area (Å²) < 4.78 is 7.46. The third-order valence-electron chi connectivity index (χ3n) is 5.80. The van der Waals surface area contributed by atoms with E-state index in [0.29, 0.717) is 38.5 Å². The molecule has 0 radical (unpaired) electrons. The molecule has 1 aliphatic heterocycles. The van der Waals surface area contributed by atoms with Crippen LogP contribution in [0.5, 0.6) is 5.75 Å². The largest absolute Gasteiger partial charge is 0.493 e. The SMILES string of the molecule is Cc1cc(NC(=O)C2CCCN(C(=O)CCOc3ccccc3)C2)n(Cc2ccccc2)n1. The van der Waals surface area contributed by atoms with Gasteiger partial charge in [-0.2, -0.15) is 5.10 Å². The molecule has 2 amide bonds. The van der Waals surface area contributed by atoms with E-state index in [1.807, 2.05) is 78.3 Å². The van der Waals surface area contributed by atoms with Crippen LogP contribution in [0.1, 0.15) is 30.5 Å². The van der Waals surface area contributed by atoms with E-state index >= 15 is 0 Å². The number of carbonyl (C=O) groups excluding carboxylic acids is 2. The number of aromatic nitrogens is 2. The Kier molecular flexibility index (Phi) is 7.40. The van der Waals surface area contributed by atoms with Gasteiger partial charge in [-0.15, -0.1) is 0 Å². The molecule has 1 aliphatic rings. The molecule has 1 saturated heterocycles. The second-order valence-corrected chi connectivity index (χ2v) is 8.39. The van der Waals surface area contributed by atoms with Crippen molar-refractivity contribution >= 4 is 17.6 Å². The summed E-state index contributed by atoms with van der Waals surface area (Å²) in [5.41, 5.74) is 1.96. The lowest BCUT2D eigenvalue weighted by atomic mass is 9.97. The number of amides is 2. The van der Waals surface area contributed by atoms with Crippen molar-refractivity contribution in [1.82, 2.24) is 14.7 Å². The zero-order chi connectivity index (χ0) is 23.0. The predicted molar refractivity (Wildman–Crippen MR) is 127 cm³/mol. The number of anilines is 1. The van der Waals surface area contributed by atoms with Crippen LogP contribution >= 0.6 is 0 Å². The van der Waals surface area contributed by atoms with Crippen molar-refractivity contribution in [2.45, 2.75) is 32.7 Å². The first kappa shape index (κ1) is 22.6. The Hall–Kier alpha value is -3.61. The number of nitrogens with one attached hydrogen (secondary N) is 1. The molecule has 33 heavy (non-hydrogen) atoms. The average Bonchev–Trinajstić information content (AvgIpc) is 3.18. The van der Waals surface area contributed by atoms with E-state index in [9.17, 15) is 9.59 Å². The van der Waals surface area contributed by atoms with E-state index in [1.54, 1.807) is 4.90 Å². The number of rotatable bonds is 8. The summed E-state index contributed by atoms with van der Waals surface area (Å²) in [6.45, 7) is 3.94. The number of benzene rings is 2. The number of carbonyl (C=O) groups is 2. The van der Waals surface area contributed by atoms with Crippen LogP contribution in [0.2, 0.25) is 0 Å². The van der Waals surface area contributed by atoms with E-state index in [1.165, 1.54) is 0 Å². The quantitative estimate of drug-likeness (QED) is 0.570. The summed E-state index contributed by atoms with van der Waals surface area (Å²) in [7, 11) is 0. The molecule has 4 rings (SSSR count). The molecule has 0 spiro atoms. The minimum Gasteiger partial charge on any atom is -0.493 e. The average molecular weight is 447 g/mol. The Morgan fingerprint density at radius 3 is 2.58 bits per heavy atom. The van der Waals surface area contributed by atoms with Crippen LogP contribution in [0.3, 0.4) is 0 Å². The van der Waals surface area contributed by atoms with E-state index in [4.69, 9.17) is 4.74 Å². The molecule has 7 heteroatoms. The molecule has 7 nitrogen and oxygen atoms in total. The summed E-state index contributed by atoms with van der Waals surface area (Å²) in [5.74, 6) is 1.15. The van der Waals surface area contributed by atoms with Crippen LogP contribution in [0.15, 0.2) is 66.7 Å². The number of para-hydroxylation sites is 1. The molecule has 0 aliphatic carbocycles. The van der Waals surface area contributed by atoms with E-state index in [2.05, 4.69) is 10.4 Å². The number of likely N-dealkylation sites (tertiary alicyclic amines) is 1. The minimum absolute atomic E-state index is 0.0217. The summed E-state index contributed by atoms with van der Waals surface area (Å²) >= 11 is 0. The fraction of sp³-hybridized carbons (Fsp3) is 0.346. The molecule has 0 bridgehead atoms. The van der Waals surface area contributed by atoms with Crippen molar-refractivity contribution in [3.05, 3.63) is 78.0 Å². The monoisotopic (exact) mass is 446 g/mol. The topological polar surface area (TPSA) is 76.5 Å². The summed E-state index contributed by atoms with van der Waals surface area (Å²) in [6, 6.07) is 21.4. The molecule has 2 heterocycles. The summed E-state index contributed by atoms with van der Waals surface area (Å²) in [5, 5.41) is 7.57. The van der Waals surface area contributed by atoms with Gasteiger partial charge in [-0.1, -0.05) is 48.5 Å². The van der Waals surface area contributed by atoms with E-state index < -0.39 is 0 Å². The van der Waals surface area contributed by atoms with Crippen LogP contribution in [0.25, 0.3) is 0 Å². The molecule has 172 valence electrons. The molecule has 1 fully saturated rings. The molecule has 1 N–H and O–H groups in total. The van der Waals surface area contributed by atoms with Gasteiger partial charge in [0.15, 0.2) is 0 Å². The van der Waals surface area contributed by atoms with Crippen molar-refractivity contribution in [2.75, 3.05) is 25.0 Å². The maximum Gasteiger partial charge on any atom is 0.230 e. The summed E-state index contributed by atoms with van der Waals surface area (Å²) in [4.78, 5) is 27.5. The van der Waals surface area contributed by atoms with Crippen LogP contribution in [0.4, 0.5) is 5.82 Å². The Balaban J connectivity index is 1.31. The lowest BCUT2D eigenvalue weighted by molar-refractivity contribution is -0.135. The third-order valence-corrected chi connectivity index (χ3v) is 5.80. The van der Waals surface area contributed by atoms with Gasteiger partial charge in [0, 0.05) is 19.2 Å². The molecule has 0 saturated carbocycles. The van der Waals surface area contributed by atoms with Gasteiger partial charge in [0.1, 0.15) is 11.6 Å². The van der Waals surface area contributed by atoms with E-state index in [-0.39, 0.29) is 17.7 Å². The molecule has 1 aromatic heterocycles. The highest BCUT2D eigenvalue weighted by Crippen LogP contribution is 2.21. The standard InChI is InChI=1S/C26H30N4O3/c1-20-17-24(30(28-20)18-21-9-4-2-5-10-21)27-26(32)22-11-8-15-29(19-22)25(31)14-16-33-23-12-6-3-7-13-23/h2-7,9-10,12-13,17,22H,8,11,14-16,18-19H2,1H3,(H,27,32). The Morgan fingerprint density at radius 1 is 1.09 bits per heavy atom. The maximum absolute atomic E-state index is 13.0. The zero-order valence-corrected chi connectivity index (χ0v) is 18.9. The second kappa shape index (κ2) is 10.8. The van der Waals surface area contributed by atoms with Crippen LogP contribution in [0, 0.1) is 12.8 Å². The van der Waals surface area contributed by atoms with Gasteiger partial charge in [0.2, 0.25) is 11.8 Å². The highest BCUT2D eigenvalue weighted by Gasteiger charge is 2.29. The highest BCUT2D eigenvalue weighted by molar-refractivity contribution is 5.92. The zero-order valence-electron chi connectivity index (χ0n) is 18.9. The maximum atomic E-state index is 13.0. The molecule has 3 aromatic rings. The minimum atomic E-state index is -0.238. The second-order valence-electron chi connectivity index (χ2n) is 8.39. The highest BCUT2D eigenvalue weighted by atomic mass is 16.5. The van der Waals surface area contributed by atoms with Gasteiger partial charge in [-0.3, -0.25) is 9.59 Å². The van der Waals surface area contributed by atoms with Gasteiger partial charge >= 0.3 is 0 Å². The number of aryl methyl sites for hydroxylation is 1. The summed E-state index contributed by atoms with van der Waals surface area (Å²) in [6.07, 6.45) is 1.87. The molecule has 1 unspecified atom stereocenters. The molecular weight excluding hydrogens is 416 g/mol. The van der Waals surface area contributed by atoms with Gasteiger partial charge in [0.05, 0.1) is 31.2 Å². The van der Waals surface area contributed by atoms with Crippen LogP contribution in [-0.4, -0.2) is 46.2 Å². The van der Waals surface area contributed by atoms with Gasteiger partial charge in [-0.25, -0.2) is 4.68 Å². The fourth-order valence-electron chi connectivity index (χ4n) is 4.10. The van der Waals surface area contributed by atoms with Crippen molar-refractivity contribution in [2.24, 2.45) is 5.92 Å². The lowest BCUT2D eigenvalue weighted by Crippen LogP contribution is -2.44. The van der Waals surface area contributed by atoms with Gasteiger partial charge in [0.25, 0.3) is 0 Å². The smallest absolute Gasteiger partial charge is 0.230 e. The molecular formula is C26H30N4O3. The number of ether oxygens (including phenoxy) is 1. The van der Waals surface area contributed by atoms with Crippen LogP contribution < -0.4 is 10.1 Å². The van der Waals surface area contributed by atoms with Crippen LogP contribution in [-0.2, 0) is 16.1 Å². The van der Waals surface area contributed by atoms with Gasteiger partial charge in [-0.05, 0) is 37.5 Å². The third kappa shape index (κ3) is 6.22. The Morgan fingerprint density at radius 2 is 1.82 bits per heavy atom. The van der Waals surface area contributed by atoms with E-state index in [0.717, 1.165) is 29.8 Å². The van der Waals surface area contributed by atoms with Crippen molar-refractivity contribution in [3.8, 4) is 5.75 Å². The fourth-order valence-corrected chi connectivity index (χ4v) is 4.10. The number of hydrogen-bond donors (Lipinski definition) is 1. The predicted octanol–water partition coefficient (Wildman–Crippen LogP) is 3.89. The molecule has 1 atom stereocenters. The first-order valence-corrected chi connectivity index (χ1v) is 11.4. The lowest BCUT2D eigenvalue weighted by Gasteiger charge is -2.32.